The molecule has 1 aromatic heterocycles. The zero-order valence-electron chi connectivity index (χ0n) is 14.2. The second kappa shape index (κ2) is 6.84. The molecule has 0 spiro atoms. The highest BCUT2D eigenvalue weighted by atomic mass is 16.5. The highest BCUT2D eigenvalue weighted by molar-refractivity contribution is 5.91. The second-order valence-electron chi connectivity index (χ2n) is 6.77. The van der Waals surface area contributed by atoms with Gasteiger partial charge in [0.1, 0.15) is 0 Å². The van der Waals surface area contributed by atoms with Crippen LogP contribution in [0.1, 0.15) is 31.2 Å². The van der Waals surface area contributed by atoms with Crippen molar-refractivity contribution in [2.75, 3.05) is 11.9 Å². The maximum absolute atomic E-state index is 12.5. The first-order valence-corrected chi connectivity index (χ1v) is 8.77. The van der Waals surface area contributed by atoms with Crippen LogP contribution in [0.4, 0.5) is 10.5 Å². The van der Waals surface area contributed by atoms with Gasteiger partial charge in [-0.1, -0.05) is 6.07 Å². The second-order valence-corrected chi connectivity index (χ2v) is 6.77. The topological polar surface area (TPSA) is 89.3 Å². The van der Waals surface area contributed by atoms with Crippen LogP contribution in [0, 0.1) is 12.8 Å². The van der Waals surface area contributed by atoms with Crippen molar-refractivity contribution >= 4 is 11.7 Å². The van der Waals surface area contributed by atoms with E-state index in [0.717, 1.165) is 49.1 Å². The largest absolute Gasteiger partial charge is 0.423 e. The van der Waals surface area contributed by atoms with Gasteiger partial charge in [0, 0.05) is 29.8 Å². The van der Waals surface area contributed by atoms with Crippen molar-refractivity contribution in [2.45, 2.75) is 44.8 Å². The summed E-state index contributed by atoms with van der Waals surface area (Å²) in [5, 5.41) is 13.7. The Bertz CT molecular complexity index is 747. The number of ether oxygens (including phenoxy) is 1. The molecule has 7 heteroatoms. The van der Waals surface area contributed by atoms with E-state index in [1.807, 2.05) is 25.1 Å². The van der Waals surface area contributed by atoms with Crippen LogP contribution < -0.4 is 10.6 Å². The highest BCUT2D eigenvalue weighted by Gasteiger charge is 2.38. The molecular weight excluding hydrogens is 320 g/mol. The summed E-state index contributed by atoms with van der Waals surface area (Å²) >= 11 is 0. The molecule has 1 saturated carbocycles. The molecule has 132 valence electrons. The van der Waals surface area contributed by atoms with E-state index >= 15 is 0 Å². The number of fused-ring (bicyclic) bond motifs is 1. The monoisotopic (exact) mass is 342 g/mol. The fourth-order valence-electron chi connectivity index (χ4n) is 3.87. The molecule has 1 aliphatic carbocycles. The Morgan fingerprint density at radius 2 is 2.20 bits per heavy atom. The summed E-state index contributed by atoms with van der Waals surface area (Å²) in [4.78, 5) is 12.5. The van der Waals surface area contributed by atoms with Gasteiger partial charge in [-0.25, -0.2) is 4.79 Å². The lowest BCUT2D eigenvalue weighted by Gasteiger charge is -2.33. The fourth-order valence-corrected chi connectivity index (χ4v) is 3.87. The smallest absolute Gasteiger partial charge is 0.319 e. The standard InChI is InChI=1S/C18H22N4O3/c1-11-5-6-12(17-22-19-10-25-17)9-15(11)21-18(23)20-14-3-2-4-16-13(14)7-8-24-16/h5-6,9-10,13-14,16H,2-4,7-8H2,1H3,(H2,20,21,23)/t13-,14+,16+/m0/s1. The van der Waals surface area contributed by atoms with Crippen LogP contribution in [0.25, 0.3) is 11.5 Å². The summed E-state index contributed by atoms with van der Waals surface area (Å²) < 4.78 is 11.0. The summed E-state index contributed by atoms with van der Waals surface area (Å²) in [5.41, 5.74) is 2.49. The minimum Gasteiger partial charge on any atom is -0.423 e. The van der Waals surface area contributed by atoms with E-state index in [1.165, 1.54) is 6.39 Å². The Labute approximate surface area is 146 Å². The molecule has 2 heterocycles. The van der Waals surface area contributed by atoms with E-state index in [4.69, 9.17) is 9.15 Å². The van der Waals surface area contributed by atoms with Crippen molar-refractivity contribution in [2.24, 2.45) is 5.92 Å². The number of urea groups is 1. The number of benzene rings is 1. The highest BCUT2D eigenvalue weighted by Crippen LogP contribution is 2.34. The maximum Gasteiger partial charge on any atom is 0.319 e. The lowest BCUT2D eigenvalue weighted by Crippen LogP contribution is -2.47. The number of rotatable bonds is 3. The first-order valence-electron chi connectivity index (χ1n) is 8.77. The summed E-state index contributed by atoms with van der Waals surface area (Å²) in [6.45, 7) is 2.76. The Morgan fingerprint density at radius 1 is 1.28 bits per heavy atom. The number of aromatic nitrogens is 2. The molecule has 1 aliphatic heterocycles. The Morgan fingerprint density at radius 3 is 3.04 bits per heavy atom. The summed E-state index contributed by atoms with van der Waals surface area (Å²) in [5.74, 6) is 0.868. The molecule has 1 saturated heterocycles. The van der Waals surface area contributed by atoms with Crippen molar-refractivity contribution in [3.63, 3.8) is 0 Å². The number of carbonyl (C=O) groups excluding carboxylic acids is 1. The third-order valence-corrected chi connectivity index (χ3v) is 5.19. The van der Waals surface area contributed by atoms with Gasteiger partial charge in [0.25, 0.3) is 0 Å². The molecule has 2 aliphatic rings. The molecule has 1 aromatic carbocycles. The average Bonchev–Trinajstić information content (AvgIpc) is 3.28. The fraction of sp³-hybridized carbons (Fsp3) is 0.500. The summed E-state index contributed by atoms with van der Waals surface area (Å²) in [7, 11) is 0. The number of hydrogen-bond acceptors (Lipinski definition) is 5. The number of amides is 2. The lowest BCUT2D eigenvalue weighted by molar-refractivity contribution is 0.0553. The van der Waals surface area contributed by atoms with Crippen LogP contribution in [-0.2, 0) is 4.74 Å². The molecule has 2 N–H and O–H groups in total. The van der Waals surface area contributed by atoms with E-state index in [2.05, 4.69) is 20.8 Å². The molecule has 7 nitrogen and oxygen atoms in total. The van der Waals surface area contributed by atoms with Gasteiger partial charge in [0.2, 0.25) is 12.3 Å². The van der Waals surface area contributed by atoms with Crippen LogP contribution in [0.15, 0.2) is 29.0 Å². The van der Waals surface area contributed by atoms with Crippen molar-refractivity contribution in [1.29, 1.82) is 0 Å². The van der Waals surface area contributed by atoms with Gasteiger partial charge in [0.05, 0.1) is 6.10 Å². The number of carbonyl (C=O) groups is 1. The predicted molar refractivity (Wildman–Crippen MR) is 92.1 cm³/mol. The van der Waals surface area contributed by atoms with E-state index < -0.39 is 0 Å². The van der Waals surface area contributed by atoms with Gasteiger partial charge in [-0.3, -0.25) is 0 Å². The number of nitrogens with one attached hydrogen (secondary N) is 2. The molecular formula is C18H22N4O3. The molecule has 25 heavy (non-hydrogen) atoms. The molecule has 2 fully saturated rings. The van der Waals surface area contributed by atoms with Gasteiger partial charge in [-0.05, 0) is 50.3 Å². The third-order valence-electron chi connectivity index (χ3n) is 5.19. The minimum absolute atomic E-state index is 0.177. The SMILES string of the molecule is Cc1ccc(-c2nnco2)cc1NC(=O)N[C@@H]1CCC[C@H]2OCC[C@@H]12. The van der Waals surface area contributed by atoms with Gasteiger partial charge in [0.15, 0.2) is 0 Å². The Kier molecular flexibility index (Phi) is 4.40. The molecule has 2 aromatic rings. The summed E-state index contributed by atoms with van der Waals surface area (Å²) in [6, 6.07) is 5.68. The van der Waals surface area contributed by atoms with Gasteiger partial charge in [-0.15, -0.1) is 10.2 Å². The van der Waals surface area contributed by atoms with Crippen molar-refractivity contribution in [3.8, 4) is 11.5 Å². The Balaban J connectivity index is 1.44. The van der Waals surface area contributed by atoms with Gasteiger partial charge >= 0.3 is 6.03 Å². The van der Waals surface area contributed by atoms with Crippen LogP contribution in [0.3, 0.4) is 0 Å². The average molecular weight is 342 g/mol. The van der Waals surface area contributed by atoms with Crippen molar-refractivity contribution < 1.29 is 13.9 Å². The van der Waals surface area contributed by atoms with Gasteiger partial charge in [-0.2, -0.15) is 0 Å². The van der Waals surface area contributed by atoms with E-state index in [1.54, 1.807) is 0 Å². The molecule has 0 unspecified atom stereocenters. The number of hydrogen-bond donors (Lipinski definition) is 2. The lowest BCUT2D eigenvalue weighted by atomic mass is 9.82. The van der Waals surface area contributed by atoms with E-state index in [0.29, 0.717) is 17.9 Å². The molecule has 0 radical (unpaired) electrons. The zero-order valence-corrected chi connectivity index (χ0v) is 14.2. The van der Waals surface area contributed by atoms with Crippen LogP contribution in [0.5, 0.6) is 0 Å². The van der Waals surface area contributed by atoms with Crippen LogP contribution >= 0.6 is 0 Å². The van der Waals surface area contributed by atoms with Crippen LogP contribution in [-0.4, -0.2) is 35.0 Å². The predicted octanol–water partition coefficient (Wildman–Crippen LogP) is 3.12. The third kappa shape index (κ3) is 3.37. The molecule has 2 amide bonds. The first kappa shape index (κ1) is 16.1. The van der Waals surface area contributed by atoms with Crippen molar-refractivity contribution in [1.82, 2.24) is 15.5 Å². The molecule has 0 bridgehead atoms. The molecule has 4 rings (SSSR count). The first-order chi connectivity index (χ1) is 12.2. The Hall–Kier alpha value is -2.41. The maximum atomic E-state index is 12.5. The zero-order chi connectivity index (χ0) is 17.2. The minimum atomic E-state index is -0.177. The van der Waals surface area contributed by atoms with Crippen molar-refractivity contribution in [3.05, 3.63) is 30.2 Å². The van der Waals surface area contributed by atoms with Gasteiger partial charge < -0.3 is 19.8 Å². The van der Waals surface area contributed by atoms with E-state index in [-0.39, 0.29) is 12.1 Å². The number of aryl methyl sites for hydroxylation is 1. The number of anilines is 1. The molecule has 3 atom stereocenters. The van der Waals surface area contributed by atoms with Crippen LogP contribution in [0.2, 0.25) is 0 Å². The number of nitrogens with zero attached hydrogens (tertiary/aromatic N) is 2. The summed E-state index contributed by atoms with van der Waals surface area (Å²) in [6.07, 6.45) is 5.84. The normalized spacial score (nSPS) is 25.4. The van der Waals surface area contributed by atoms with E-state index in [9.17, 15) is 4.79 Å². The quantitative estimate of drug-likeness (QED) is 0.894.